The van der Waals surface area contributed by atoms with Crippen LogP contribution in [0.1, 0.15) is 18.4 Å². The Bertz CT molecular complexity index is 364. The van der Waals surface area contributed by atoms with Crippen molar-refractivity contribution in [1.82, 2.24) is 0 Å². The first-order chi connectivity index (χ1) is 6.69. The van der Waals surface area contributed by atoms with Gasteiger partial charge in [-0.05, 0) is 13.8 Å². The van der Waals surface area contributed by atoms with Crippen LogP contribution in [0.25, 0.3) is 5.57 Å². The fraction of sp³-hybridized carbons (Fsp3) is 0.167. The largest absolute Gasteiger partial charge is 0.459 e. The molecule has 0 unspecified atom stereocenters. The zero-order chi connectivity index (χ0) is 10.6. The van der Waals surface area contributed by atoms with E-state index in [1.807, 2.05) is 38.1 Å². The topological polar surface area (TPSA) is 39.2 Å². The number of aryl methyl sites for hydroxylation is 1. The van der Waals surface area contributed by atoms with E-state index in [0.29, 0.717) is 5.69 Å². The predicted molar refractivity (Wildman–Crippen MR) is 60.8 cm³/mol. The number of nitrogens with two attached hydrogens (primary N) is 1. The van der Waals surface area contributed by atoms with Crippen LogP contribution < -0.4 is 5.73 Å². The molecule has 0 aliphatic carbocycles. The lowest BCUT2D eigenvalue weighted by atomic mass is 10.1. The molecule has 2 nitrogen and oxygen atoms in total. The van der Waals surface area contributed by atoms with Crippen LogP contribution in [0.4, 0.5) is 5.69 Å². The Kier molecular flexibility index (Phi) is 3.35. The maximum absolute atomic E-state index is 5.70. The zero-order valence-corrected chi connectivity index (χ0v) is 8.58. The summed E-state index contributed by atoms with van der Waals surface area (Å²) < 4.78 is 5.49. The summed E-state index contributed by atoms with van der Waals surface area (Å²) >= 11 is 0. The Morgan fingerprint density at radius 3 is 2.71 bits per heavy atom. The van der Waals surface area contributed by atoms with E-state index in [-0.39, 0.29) is 0 Å². The molecule has 0 fully saturated rings. The molecular weight excluding hydrogens is 174 g/mol. The third-order valence-corrected chi connectivity index (χ3v) is 1.88. The molecule has 0 saturated carbocycles. The van der Waals surface area contributed by atoms with Gasteiger partial charge in [-0.1, -0.05) is 30.9 Å². The molecule has 0 radical (unpaired) electrons. The van der Waals surface area contributed by atoms with Gasteiger partial charge in [-0.25, -0.2) is 0 Å². The fourth-order valence-corrected chi connectivity index (χ4v) is 1.16. The molecule has 1 heterocycles. The van der Waals surface area contributed by atoms with E-state index in [4.69, 9.17) is 10.2 Å². The minimum Gasteiger partial charge on any atom is -0.459 e. The fourth-order valence-electron chi connectivity index (χ4n) is 1.16. The van der Waals surface area contributed by atoms with Gasteiger partial charge < -0.3 is 10.2 Å². The van der Waals surface area contributed by atoms with Crippen LogP contribution in [0.5, 0.6) is 0 Å². The van der Waals surface area contributed by atoms with Gasteiger partial charge in [-0.2, -0.15) is 0 Å². The van der Waals surface area contributed by atoms with E-state index in [9.17, 15) is 0 Å². The van der Waals surface area contributed by atoms with Crippen molar-refractivity contribution in [3.8, 4) is 0 Å². The highest BCUT2D eigenvalue weighted by molar-refractivity contribution is 5.74. The molecule has 14 heavy (non-hydrogen) atoms. The SMILES string of the molecule is C=C/C=C(\C=C/C)c1cc(N)c(C)o1. The first-order valence-electron chi connectivity index (χ1n) is 4.50. The molecule has 1 aromatic heterocycles. The average Bonchev–Trinajstić information content (AvgIpc) is 2.47. The third kappa shape index (κ3) is 2.16. The molecule has 0 aliphatic heterocycles. The summed E-state index contributed by atoms with van der Waals surface area (Å²) in [5.74, 6) is 1.53. The minimum atomic E-state index is 0.680. The van der Waals surface area contributed by atoms with Crippen molar-refractivity contribution >= 4 is 11.3 Å². The maximum atomic E-state index is 5.70. The Morgan fingerprint density at radius 2 is 2.29 bits per heavy atom. The molecule has 0 spiro atoms. The summed E-state index contributed by atoms with van der Waals surface area (Å²) in [5, 5.41) is 0. The normalized spacial score (nSPS) is 12.3. The molecule has 0 saturated heterocycles. The molecule has 0 amide bonds. The zero-order valence-electron chi connectivity index (χ0n) is 8.58. The number of allylic oxidation sites excluding steroid dienone is 5. The maximum Gasteiger partial charge on any atom is 0.136 e. The quantitative estimate of drug-likeness (QED) is 0.741. The lowest BCUT2D eigenvalue weighted by Gasteiger charge is -1.94. The van der Waals surface area contributed by atoms with Crippen molar-refractivity contribution in [2.45, 2.75) is 13.8 Å². The second kappa shape index (κ2) is 4.51. The third-order valence-electron chi connectivity index (χ3n) is 1.88. The summed E-state index contributed by atoms with van der Waals surface area (Å²) in [6, 6.07) is 1.82. The molecule has 0 aromatic carbocycles. The number of hydrogen-bond acceptors (Lipinski definition) is 2. The van der Waals surface area contributed by atoms with Crippen LogP contribution >= 0.6 is 0 Å². The summed E-state index contributed by atoms with van der Waals surface area (Å²) in [7, 11) is 0. The Balaban J connectivity index is 3.11. The highest BCUT2D eigenvalue weighted by atomic mass is 16.3. The molecular formula is C12H15NO. The molecule has 1 aromatic rings. The lowest BCUT2D eigenvalue weighted by Crippen LogP contribution is -1.81. The lowest BCUT2D eigenvalue weighted by molar-refractivity contribution is 0.524. The van der Waals surface area contributed by atoms with E-state index in [2.05, 4.69) is 6.58 Å². The molecule has 74 valence electrons. The van der Waals surface area contributed by atoms with E-state index in [1.165, 1.54) is 0 Å². The molecule has 2 heteroatoms. The van der Waals surface area contributed by atoms with Crippen LogP contribution in [-0.4, -0.2) is 0 Å². The Labute approximate surface area is 84.4 Å². The Morgan fingerprint density at radius 1 is 1.57 bits per heavy atom. The van der Waals surface area contributed by atoms with Gasteiger partial charge in [-0.3, -0.25) is 0 Å². The van der Waals surface area contributed by atoms with E-state index >= 15 is 0 Å². The van der Waals surface area contributed by atoms with Crippen molar-refractivity contribution < 1.29 is 4.42 Å². The minimum absolute atomic E-state index is 0.680. The molecule has 1 rings (SSSR count). The summed E-state index contributed by atoms with van der Waals surface area (Å²) in [6.45, 7) is 7.46. The monoisotopic (exact) mass is 189 g/mol. The predicted octanol–water partition coefficient (Wildman–Crippen LogP) is 3.32. The second-order valence-corrected chi connectivity index (χ2v) is 2.98. The summed E-state index contributed by atoms with van der Waals surface area (Å²) in [5.41, 5.74) is 7.35. The molecule has 2 N–H and O–H groups in total. The van der Waals surface area contributed by atoms with Crippen LogP contribution in [0.3, 0.4) is 0 Å². The van der Waals surface area contributed by atoms with Gasteiger partial charge in [0.2, 0.25) is 0 Å². The molecule has 0 atom stereocenters. The van der Waals surface area contributed by atoms with Gasteiger partial charge in [0, 0.05) is 11.6 Å². The highest BCUT2D eigenvalue weighted by Gasteiger charge is 2.05. The van der Waals surface area contributed by atoms with Gasteiger partial charge in [0.05, 0.1) is 5.69 Å². The highest BCUT2D eigenvalue weighted by Crippen LogP contribution is 2.24. The van der Waals surface area contributed by atoms with Gasteiger partial charge in [-0.15, -0.1) is 0 Å². The smallest absolute Gasteiger partial charge is 0.136 e. The van der Waals surface area contributed by atoms with E-state index in [0.717, 1.165) is 17.1 Å². The summed E-state index contributed by atoms with van der Waals surface area (Å²) in [4.78, 5) is 0. The number of rotatable bonds is 3. The standard InChI is InChI=1S/C12H15NO/c1-4-6-10(7-5-2)12-8-11(13)9(3)14-12/h4-8H,1,13H2,2-3H3/b7-5-,10-6+. The van der Waals surface area contributed by atoms with Crippen LogP contribution in [0.2, 0.25) is 0 Å². The van der Waals surface area contributed by atoms with Gasteiger partial charge >= 0.3 is 0 Å². The first-order valence-corrected chi connectivity index (χ1v) is 4.50. The number of nitrogen functional groups attached to an aromatic ring is 1. The second-order valence-electron chi connectivity index (χ2n) is 2.98. The van der Waals surface area contributed by atoms with Crippen molar-refractivity contribution in [2.24, 2.45) is 0 Å². The first kappa shape index (κ1) is 10.4. The van der Waals surface area contributed by atoms with Gasteiger partial charge in [0.15, 0.2) is 0 Å². The molecule has 0 bridgehead atoms. The number of furan rings is 1. The van der Waals surface area contributed by atoms with Crippen LogP contribution in [0.15, 0.2) is 41.4 Å². The van der Waals surface area contributed by atoms with Crippen LogP contribution in [-0.2, 0) is 0 Å². The van der Waals surface area contributed by atoms with Gasteiger partial charge in [0.25, 0.3) is 0 Å². The van der Waals surface area contributed by atoms with Crippen molar-refractivity contribution in [1.29, 1.82) is 0 Å². The van der Waals surface area contributed by atoms with Gasteiger partial charge in [0.1, 0.15) is 11.5 Å². The van der Waals surface area contributed by atoms with E-state index < -0.39 is 0 Å². The van der Waals surface area contributed by atoms with Crippen molar-refractivity contribution in [2.75, 3.05) is 5.73 Å². The average molecular weight is 189 g/mol. The van der Waals surface area contributed by atoms with Crippen molar-refractivity contribution in [3.05, 3.63) is 48.5 Å². The van der Waals surface area contributed by atoms with E-state index in [1.54, 1.807) is 6.08 Å². The number of hydrogen-bond donors (Lipinski definition) is 1. The van der Waals surface area contributed by atoms with Crippen molar-refractivity contribution in [3.63, 3.8) is 0 Å². The van der Waals surface area contributed by atoms with Crippen LogP contribution in [0, 0.1) is 6.92 Å². The summed E-state index contributed by atoms with van der Waals surface area (Å²) in [6.07, 6.45) is 7.52. The molecule has 0 aliphatic rings. The number of anilines is 1. The Hall–Kier alpha value is -1.70.